The number of aryl methyl sites for hydroxylation is 2. The molecule has 0 aromatic heterocycles. The van der Waals surface area contributed by atoms with Crippen LogP contribution in [0.25, 0.3) is 0 Å². The molecule has 118 valence electrons. The smallest absolute Gasteiger partial charge is 0.241 e. The number of aliphatic hydroxyl groups is 1. The van der Waals surface area contributed by atoms with Gasteiger partial charge in [0.05, 0.1) is 17.0 Å². The summed E-state index contributed by atoms with van der Waals surface area (Å²) in [7, 11) is -3.60. The zero-order chi connectivity index (χ0) is 15.7. The van der Waals surface area contributed by atoms with Crippen molar-refractivity contribution < 1.29 is 13.5 Å². The van der Waals surface area contributed by atoms with Crippen molar-refractivity contribution >= 4 is 10.0 Å². The number of rotatable bonds is 4. The fourth-order valence-corrected chi connectivity index (χ4v) is 4.67. The summed E-state index contributed by atoms with van der Waals surface area (Å²) in [5.74, 6) is 0.424. The third kappa shape index (κ3) is 3.65. The van der Waals surface area contributed by atoms with E-state index in [4.69, 9.17) is 0 Å². The summed E-state index contributed by atoms with van der Waals surface area (Å²) in [5.41, 5.74) is 1.31. The minimum Gasteiger partial charge on any atom is -0.394 e. The van der Waals surface area contributed by atoms with E-state index in [9.17, 15) is 13.5 Å². The number of aliphatic hydroxyl groups excluding tert-OH is 1. The first-order valence-corrected chi connectivity index (χ1v) is 8.98. The lowest BCUT2D eigenvalue weighted by Crippen LogP contribution is -2.53. The predicted molar refractivity (Wildman–Crippen MR) is 83.7 cm³/mol. The number of nitrogens with one attached hydrogen (secondary N) is 1. The van der Waals surface area contributed by atoms with E-state index in [2.05, 4.69) is 11.6 Å². The van der Waals surface area contributed by atoms with Crippen LogP contribution < -0.4 is 4.72 Å². The zero-order valence-corrected chi connectivity index (χ0v) is 13.8. The monoisotopic (exact) mass is 311 g/mol. The summed E-state index contributed by atoms with van der Waals surface area (Å²) in [5, 5.41) is 9.74. The Bertz CT molecular complexity index is 612. The highest BCUT2D eigenvalue weighted by Gasteiger charge is 2.38. The minimum atomic E-state index is -3.60. The molecule has 0 heterocycles. The Morgan fingerprint density at radius 3 is 2.62 bits per heavy atom. The first-order chi connectivity index (χ1) is 9.78. The van der Waals surface area contributed by atoms with E-state index < -0.39 is 15.6 Å². The fourth-order valence-electron chi connectivity index (χ4n) is 3.15. The van der Waals surface area contributed by atoms with Crippen LogP contribution in [0.2, 0.25) is 0 Å². The van der Waals surface area contributed by atoms with Gasteiger partial charge in [0, 0.05) is 0 Å². The normalized spacial score (nSPS) is 26.8. The van der Waals surface area contributed by atoms with Crippen LogP contribution in [0.1, 0.15) is 43.7 Å². The summed E-state index contributed by atoms with van der Waals surface area (Å²) in [6.45, 7) is 5.81. The van der Waals surface area contributed by atoms with Gasteiger partial charge in [-0.05, 0) is 55.9 Å². The molecule has 1 saturated carbocycles. The first-order valence-electron chi connectivity index (χ1n) is 7.50. The average molecular weight is 311 g/mol. The van der Waals surface area contributed by atoms with Gasteiger partial charge in [-0.2, -0.15) is 0 Å². The van der Waals surface area contributed by atoms with Crippen molar-refractivity contribution in [2.24, 2.45) is 5.92 Å². The second-order valence-corrected chi connectivity index (χ2v) is 8.17. The van der Waals surface area contributed by atoms with E-state index in [1.54, 1.807) is 12.1 Å². The molecule has 2 unspecified atom stereocenters. The third-order valence-electron chi connectivity index (χ3n) is 4.53. The fraction of sp³-hybridized carbons (Fsp3) is 0.625. The topological polar surface area (TPSA) is 66.4 Å². The first kappa shape index (κ1) is 16.5. The van der Waals surface area contributed by atoms with Gasteiger partial charge in [-0.1, -0.05) is 25.8 Å². The molecule has 0 saturated heterocycles. The Balaban J connectivity index is 2.28. The molecule has 2 atom stereocenters. The van der Waals surface area contributed by atoms with Gasteiger partial charge >= 0.3 is 0 Å². The van der Waals surface area contributed by atoms with Crippen molar-refractivity contribution in [1.82, 2.24) is 4.72 Å². The third-order valence-corrected chi connectivity index (χ3v) is 6.11. The van der Waals surface area contributed by atoms with Gasteiger partial charge in [0.15, 0.2) is 0 Å². The number of hydrogen-bond donors (Lipinski definition) is 2. The van der Waals surface area contributed by atoms with E-state index in [-0.39, 0.29) is 11.5 Å². The summed E-state index contributed by atoms with van der Waals surface area (Å²) < 4.78 is 28.0. The summed E-state index contributed by atoms with van der Waals surface area (Å²) in [4.78, 5) is 0.275. The number of hydrogen-bond acceptors (Lipinski definition) is 3. The SMILES string of the molecule is Cc1ccc(S(=O)(=O)NC2(CO)CCCC(C)C2)cc1C. The molecule has 2 rings (SSSR count). The van der Waals surface area contributed by atoms with Crippen molar-refractivity contribution in [2.75, 3.05) is 6.61 Å². The number of sulfonamides is 1. The van der Waals surface area contributed by atoms with Gasteiger partial charge in [0.2, 0.25) is 10.0 Å². The predicted octanol–water partition coefficient (Wildman–Crippen LogP) is 2.52. The lowest BCUT2D eigenvalue weighted by atomic mass is 9.78. The van der Waals surface area contributed by atoms with Gasteiger partial charge in [0.25, 0.3) is 0 Å². The number of benzene rings is 1. The standard InChI is InChI=1S/C16H25NO3S/c1-12-5-4-8-16(10-12,11-18)17-21(19,20)15-7-6-13(2)14(3)9-15/h6-7,9,12,17-18H,4-5,8,10-11H2,1-3H3. The molecule has 5 heteroatoms. The Kier molecular flexibility index (Phi) is 4.76. The van der Waals surface area contributed by atoms with Crippen LogP contribution >= 0.6 is 0 Å². The molecule has 2 N–H and O–H groups in total. The lowest BCUT2D eigenvalue weighted by molar-refractivity contribution is 0.120. The van der Waals surface area contributed by atoms with E-state index in [1.807, 2.05) is 19.9 Å². The molecule has 1 fully saturated rings. The van der Waals surface area contributed by atoms with Crippen molar-refractivity contribution in [3.63, 3.8) is 0 Å². The molecule has 21 heavy (non-hydrogen) atoms. The molecule has 0 spiro atoms. The van der Waals surface area contributed by atoms with Gasteiger partial charge in [-0.15, -0.1) is 0 Å². The van der Waals surface area contributed by atoms with Gasteiger partial charge in [-0.3, -0.25) is 0 Å². The summed E-state index contributed by atoms with van der Waals surface area (Å²) in [6, 6.07) is 5.13. The highest BCUT2D eigenvalue weighted by Crippen LogP contribution is 2.33. The average Bonchev–Trinajstić information content (AvgIpc) is 2.41. The molecular weight excluding hydrogens is 286 g/mol. The zero-order valence-electron chi connectivity index (χ0n) is 13.0. The van der Waals surface area contributed by atoms with Crippen molar-refractivity contribution in [3.05, 3.63) is 29.3 Å². The minimum absolute atomic E-state index is 0.151. The molecule has 0 bridgehead atoms. The molecule has 1 aromatic carbocycles. The second kappa shape index (κ2) is 6.07. The van der Waals surface area contributed by atoms with Crippen molar-refractivity contribution in [1.29, 1.82) is 0 Å². The molecular formula is C16H25NO3S. The van der Waals surface area contributed by atoms with Crippen molar-refractivity contribution in [3.8, 4) is 0 Å². The van der Waals surface area contributed by atoms with Crippen LogP contribution in [0, 0.1) is 19.8 Å². The lowest BCUT2D eigenvalue weighted by Gasteiger charge is -2.39. The molecule has 1 aliphatic carbocycles. The van der Waals surface area contributed by atoms with Crippen LogP contribution in [0.4, 0.5) is 0 Å². The Hall–Kier alpha value is -0.910. The molecule has 1 aromatic rings. The van der Waals surface area contributed by atoms with Crippen LogP contribution in [-0.4, -0.2) is 25.7 Å². The van der Waals surface area contributed by atoms with Gasteiger partial charge in [-0.25, -0.2) is 13.1 Å². The van der Waals surface area contributed by atoms with Gasteiger partial charge < -0.3 is 5.11 Å². The Morgan fingerprint density at radius 2 is 2.05 bits per heavy atom. The maximum absolute atomic E-state index is 12.6. The maximum Gasteiger partial charge on any atom is 0.241 e. The molecule has 1 aliphatic rings. The highest BCUT2D eigenvalue weighted by molar-refractivity contribution is 7.89. The highest BCUT2D eigenvalue weighted by atomic mass is 32.2. The van der Waals surface area contributed by atoms with E-state index in [0.29, 0.717) is 18.8 Å². The van der Waals surface area contributed by atoms with E-state index in [1.165, 1.54) is 0 Å². The Labute approximate surface area is 127 Å². The van der Waals surface area contributed by atoms with Gasteiger partial charge in [0.1, 0.15) is 0 Å². The van der Waals surface area contributed by atoms with Crippen LogP contribution in [0.15, 0.2) is 23.1 Å². The summed E-state index contributed by atoms with van der Waals surface area (Å²) >= 11 is 0. The van der Waals surface area contributed by atoms with E-state index in [0.717, 1.165) is 24.0 Å². The quantitative estimate of drug-likeness (QED) is 0.898. The summed E-state index contributed by atoms with van der Waals surface area (Å²) in [6.07, 6.45) is 3.41. The van der Waals surface area contributed by atoms with Crippen molar-refractivity contribution in [2.45, 2.75) is 56.9 Å². The molecule has 0 aliphatic heterocycles. The largest absolute Gasteiger partial charge is 0.394 e. The molecule has 4 nitrogen and oxygen atoms in total. The Morgan fingerprint density at radius 1 is 1.33 bits per heavy atom. The molecule has 0 amide bonds. The van der Waals surface area contributed by atoms with E-state index >= 15 is 0 Å². The van der Waals surface area contributed by atoms with Crippen LogP contribution in [0.3, 0.4) is 0 Å². The van der Waals surface area contributed by atoms with Crippen LogP contribution in [-0.2, 0) is 10.0 Å². The maximum atomic E-state index is 12.6. The second-order valence-electron chi connectivity index (χ2n) is 6.49. The molecule has 0 radical (unpaired) electrons. The van der Waals surface area contributed by atoms with Crippen LogP contribution in [0.5, 0.6) is 0 Å².